The van der Waals surface area contributed by atoms with E-state index in [4.69, 9.17) is 0 Å². The van der Waals surface area contributed by atoms with Crippen molar-refractivity contribution in [3.8, 4) is 0 Å². The van der Waals surface area contributed by atoms with Gasteiger partial charge in [-0.2, -0.15) is 0 Å². The average Bonchev–Trinajstić information content (AvgIpc) is 1.85. The zero-order valence-corrected chi connectivity index (χ0v) is 10.5. The van der Waals surface area contributed by atoms with E-state index in [-0.39, 0.29) is 32.7 Å². The molecule has 0 aliphatic rings. The third kappa shape index (κ3) is 3.55. The van der Waals surface area contributed by atoms with E-state index in [0.717, 1.165) is 17.2 Å². The van der Waals surface area contributed by atoms with E-state index in [1.807, 2.05) is 32.9 Å². The first-order valence-electron chi connectivity index (χ1n) is 3.59. The van der Waals surface area contributed by atoms with Crippen molar-refractivity contribution in [3.63, 3.8) is 0 Å². The van der Waals surface area contributed by atoms with E-state index in [1.165, 1.54) is 0 Å². The molecule has 0 N–H and O–H groups in total. The minimum atomic E-state index is 0. The Hall–Kier alpha value is -0.0761. The number of aromatic nitrogens is 2. The van der Waals surface area contributed by atoms with Crippen LogP contribution in [-0.2, 0) is 32.7 Å². The molecule has 0 aliphatic heterocycles. The first-order chi connectivity index (χ1) is 5.22. The van der Waals surface area contributed by atoms with Gasteiger partial charge in [0.1, 0.15) is 5.82 Å². The SMILES string of the molecule is C/C=C/c1nc(C)[c-]c(C)n1.[Y]. The van der Waals surface area contributed by atoms with E-state index in [1.54, 1.807) is 0 Å². The second-order valence-corrected chi connectivity index (χ2v) is 2.38. The Morgan fingerprint density at radius 1 is 1.17 bits per heavy atom. The monoisotopic (exact) mass is 236 g/mol. The number of rotatable bonds is 1. The molecule has 1 radical (unpaired) electrons. The Labute approximate surface area is 98.4 Å². The normalized spacial score (nSPS) is 9.92. The van der Waals surface area contributed by atoms with E-state index in [2.05, 4.69) is 16.0 Å². The Morgan fingerprint density at radius 2 is 1.67 bits per heavy atom. The van der Waals surface area contributed by atoms with Gasteiger partial charge in [-0.1, -0.05) is 19.9 Å². The van der Waals surface area contributed by atoms with Crippen molar-refractivity contribution in [2.75, 3.05) is 0 Å². The maximum atomic E-state index is 4.17. The number of allylic oxidation sites excluding steroid dienone is 1. The van der Waals surface area contributed by atoms with Crippen LogP contribution in [-0.4, -0.2) is 9.97 Å². The van der Waals surface area contributed by atoms with Gasteiger partial charge in [-0.15, -0.1) is 11.4 Å². The Morgan fingerprint density at radius 3 is 2.08 bits per heavy atom. The molecule has 0 fully saturated rings. The topological polar surface area (TPSA) is 25.8 Å². The molecule has 1 aromatic rings. The second-order valence-electron chi connectivity index (χ2n) is 2.38. The van der Waals surface area contributed by atoms with Gasteiger partial charge in [-0.25, -0.2) is 0 Å². The van der Waals surface area contributed by atoms with Crippen LogP contribution >= 0.6 is 0 Å². The van der Waals surface area contributed by atoms with Crippen LogP contribution < -0.4 is 0 Å². The maximum Gasteiger partial charge on any atom is 0.146 e. The van der Waals surface area contributed by atoms with E-state index < -0.39 is 0 Å². The van der Waals surface area contributed by atoms with Gasteiger partial charge in [0, 0.05) is 32.7 Å². The predicted octanol–water partition coefficient (Wildman–Crippen LogP) is 1.92. The summed E-state index contributed by atoms with van der Waals surface area (Å²) in [5, 5.41) is 0. The molecule has 1 rings (SSSR count). The van der Waals surface area contributed by atoms with Gasteiger partial charge in [-0.3, -0.25) is 9.97 Å². The molecule has 61 valence electrons. The maximum absolute atomic E-state index is 4.17. The van der Waals surface area contributed by atoms with Gasteiger partial charge in [0.05, 0.1) is 0 Å². The number of hydrogen-bond acceptors (Lipinski definition) is 2. The van der Waals surface area contributed by atoms with Gasteiger partial charge in [0.2, 0.25) is 0 Å². The van der Waals surface area contributed by atoms with Crippen molar-refractivity contribution in [1.29, 1.82) is 0 Å². The van der Waals surface area contributed by atoms with Crippen LogP contribution in [0.4, 0.5) is 0 Å². The summed E-state index contributed by atoms with van der Waals surface area (Å²) in [5.74, 6) is 0.765. The van der Waals surface area contributed by atoms with Gasteiger partial charge >= 0.3 is 0 Å². The second kappa shape index (κ2) is 5.55. The molecule has 0 bridgehead atoms. The molecule has 0 unspecified atom stereocenters. The van der Waals surface area contributed by atoms with Crippen molar-refractivity contribution >= 4 is 6.08 Å². The molecule has 0 saturated heterocycles. The molecule has 0 aromatic carbocycles. The summed E-state index contributed by atoms with van der Waals surface area (Å²) in [6, 6.07) is 3.01. The van der Waals surface area contributed by atoms with Crippen molar-refractivity contribution in [1.82, 2.24) is 9.97 Å². The molecule has 0 atom stereocenters. The van der Waals surface area contributed by atoms with E-state index in [0.29, 0.717) is 0 Å². The molecular weight excluding hydrogens is 225 g/mol. The van der Waals surface area contributed by atoms with Crippen LogP contribution in [0, 0.1) is 19.9 Å². The van der Waals surface area contributed by atoms with Gasteiger partial charge in [0.25, 0.3) is 0 Å². The fourth-order valence-electron chi connectivity index (χ4n) is 0.910. The van der Waals surface area contributed by atoms with Crippen LogP contribution in [0.1, 0.15) is 24.1 Å². The van der Waals surface area contributed by atoms with Crippen molar-refractivity contribution in [2.24, 2.45) is 0 Å². The zero-order chi connectivity index (χ0) is 8.27. The Kier molecular flexibility index (Phi) is 5.51. The summed E-state index contributed by atoms with van der Waals surface area (Å²) >= 11 is 0. The van der Waals surface area contributed by atoms with Crippen LogP contribution in [0.15, 0.2) is 6.08 Å². The smallest absolute Gasteiger partial charge is 0.146 e. The molecule has 1 heterocycles. The quantitative estimate of drug-likeness (QED) is 0.696. The molecule has 0 saturated carbocycles. The minimum Gasteiger partial charge on any atom is -0.427 e. The Balaban J connectivity index is 0.00000121. The number of nitrogens with zero attached hydrogens (tertiary/aromatic N) is 2. The fourth-order valence-corrected chi connectivity index (χ4v) is 0.910. The van der Waals surface area contributed by atoms with Gasteiger partial charge in [0.15, 0.2) is 0 Å². The molecule has 0 aliphatic carbocycles. The molecule has 0 amide bonds. The third-order valence-corrected chi connectivity index (χ3v) is 1.24. The molecular formula is C9H11N2Y-. The van der Waals surface area contributed by atoms with Crippen molar-refractivity contribution in [2.45, 2.75) is 20.8 Å². The first-order valence-corrected chi connectivity index (χ1v) is 3.59. The number of aryl methyl sites for hydroxylation is 2. The molecule has 3 heteroatoms. The van der Waals surface area contributed by atoms with Gasteiger partial charge < -0.3 is 6.07 Å². The van der Waals surface area contributed by atoms with Gasteiger partial charge in [-0.05, 0) is 13.0 Å². The van der Waals surface area contributed by atoms with E-state index in [9.17, 15) is 0 Å². The van der Waals surface area contributed by atoms with Crippen LogP contribution in [0.2, 0.25) is 0 Å². The molecule has 1 aromatic heterocycles. The minimum absolute atomic E-state index is 0. The molecule has 0 spiro atoms. The summed E-state index contributed by atoms with van der Waals surface area (Å²) in [7, 11) is 0. The molecule has 2 nitrogen and oxygen atoms in total. The Bertz CT molecular complexity index is 262. The third-order valence-electron chi connectivity index (χ3n) is 1.24. The largest absolute Gasteiger partial charge is 0.427 e. The first kappa shape index (κ1) is 11.9. The standard InChI is InChI=1S/C9H11N2.Y/c1-4-5-9-10-7(2)6-8(3)11-9;/h4-5H,1-3H3;/q-1;/b5-4+;. The van der Waals surface area contributed by atoms with Crippen LogP contribution in [0.5, 0.6) is 0 Å². The van der Waals surface area contributed by atoms with Crippen molar-refractivity contribution in [3.05, 3.63) is 29.4 Å². The summed E-state index contributed by atoms with van der Waals surface area (Å²) in [6.07, 6.45) is 3.81. The molecule has 12 heavy (non-hydrogen) atoms. The summed E-state index contributed by atoms with van der Waals surface area (Å²) < 4.78 is 0. The zero-order valence-electron chi connectivity index (χ0n) is 7.63. The average molecular weight is 236 g/mol. The number of hydrogen-bond donors (Lipinski definition) is 0. The van der Waals surface area contributed by atoms with Crippen LogP contribution in [0.3, 0.4) is 0 Å². The summed E-state index contributed by atoms with van der Waals surface area (Å²) in [6.45, 7) is 5.79. The van der Waals surface area contributed by atoms with Crippen molar-refractivity contribution < 1.29 is 32.7 Å². The summed E-state index contributed by atoms with van der Waals surface area (Å²) in [4.78, 5) is 8.34. The predicted molar refractivity (Wildman–Crippen MR) is 45.1 cm³/mol. The summed E-state index contributed by atoms with van der Waals surface area (Å²) in [5.41, 5.74) is 1.79. The van der Waals surface area contributed by atoms with Crippen LogP contribution in [0.25, 0.3) is 6.08 Å². The fraction of sp³-hybridized carbons (Fsp3) is 0.333. The van der Waals surface area contributed by atoms with E-state index >= 15 is 0 Å².